The zero-order chi connectivity index (χ0) is 21.3. The third-order valence-corrected chi connectivity index (χ3v) is 8.90. The van der Waals surface area contributed by atoms with Crippen molar-refractivity contribution in [3.63, 3.8) is 0 Å². The predicted octanol–water partition coefficient (Wildman–Crippen LogP) is 5.35. The van der Waals surface area contributed by atoms with Crippen molar-refractivity contribution in [3.8, 4) is 5.75 Å². The minimum atomic E-state index is 0.393. The number of nitrogens with zero attached hydrogens (tertiary/aromatic N) is 1. The number of benzene rings is 1. The van der Waals surface area contributed by atoms with Gasteiger partial charge in [-0.3, -0.25) is 0 Å². The molecule has 3 heteroatoms. The van der Waals surface area contributed by atoms with E-state index in [0.717, 1.165) is 51.0 Å². The Morgan fingerprint density at radius 2 is 2.03 bits per heavy atom. The monoisotopic (exact) mass is 410 g/mol. The normalized spacial score (nSPS) is 34.1. The first-order valence-corrected chi connectivity index (χ1v) is 12.4. The van der Waals surface area contributed by atoms with Crippen LogP contribution in [0.15, 0.2) is 29.8 Å². The van der Waals surface area contributed by atoms with Gasteiger partial charge in [0.1, 0.15) is 5.75 Å². The molecule has 0 spiro atoms. The molecule has 3 aliphatic carbocycles. The fourth-order valence-corrected chi connectivity index (χ4v) is 7.22. The molecule has 0 radical (unpaired) electrons. The average Bonchev–Trinajstić information content (AvgIpc) is 3.06. The number of hydrogen-bond donors (Lipinski definition) is 2. The topological polar surface area (TPSA) is 35.5 Å². The average molecular weight is 411 g/mol. The minimum absolute atomic E-state index is 0.393. The largest absolute Gasteiger partial charge is 0.508 e. The highest BCUT2D eigenvalue weighted by Gasteiger charge is 2.54. The second kappa shape index (κ2) is 9.04. The molecule has 30 heavy (non-hydrogen) atoms. The molecule has 2 saturated carbocycles. The molecule has 0 aromatic heterocycles. The van der Waals surface area contributed by atoms with Gasteiger partial charge in [-0.05, 0) is 97.5 Å². The van der Waals surface area contributed by atoms with Crippen LogP contribution in [0.25, 0.3) is 0 Å². The van der Waals surface area contributed by atoms with E-state index in [2.05, 4.69) is 50.1 Å². The van der Waals surface area contributed by atoms with Crippen LogP contribution in [0.4, 0.5) is 0 Å². The first-order valence-electron chi connectivity index (χ1n) is 12.4. The van der Waals surface area contributed by atoms with Crippen molar-refractivity contribution < 1.29 is 5.11 Å². The molecule has 1 aromatic carbocycles. The van der Waals surface area contributed by atoms with Crippen LogP contribution in [-0.4, -0.2) is 42.7 Å². The summed E-state index contributed by atoms with van der Waals surface area (Å²) >= 11 is 0. The molecule has 166 valence electrons. The molecule has 0 aliphatic heterocycles. The number of phenolic OH excluding ortho intramolecular Hbond substituents is 1. The van der Waals surface area contributed by atoms with Crippen molar-refractivity contribution in [1.82, 2.24) is 10.2 Å². The summed E-state index contributed by atoms with van der Waals surface area (Å²) < 4.78 is 0. The van der Waals surface area contributed by atoms with E-state index in [1.54, 1.807) is 5.57 Å². The number of likely N-dealkylation sites (N-methyl/N-ethyl adjacent to an activating group) is 1. The lowest BCUT2D eigenvalue weighted by Gasteiger charge is -2.52. The molecular formula is C27H42N2O. The van der Waals surface area contributed by atoms with Crippen LogP contribution in [0.1, 0.15) is 70.4 Å². The molecule has 0 bridgehead atoms. The van der Waals surface area contributed by atoms with Crippen molar-refractivity contribution >= 4 is 0 Å². The number of rotatable bonds is 7. The Labute approximate surface area is 183 Å². The highest BCUT2D eigenvalue weighted by molar-refractivity contribution is 5.41. The van der Waals surface area contributed by atoms with E-state index in [1.165, 1.54) is 36.8 Å². The molecule has 1 aromatic rings. The third kappa shape index (κ3) is 3.96. The summed E-state index contributed by atoms with van der Waals surface area (Å²) in [5.41, 5.74) is 5.06. The van der Waals surface area contributed by atoms with Crippen molar-refractivity contribution in [2.75, 3.05) is 32.7 Å². The predicted molar refractivity (Wildman–Crippen MR) is 126 cm³/mol. The summed E-state index contributed by atoms with van der Waals surface area (Å²) in [7, 11) is 0. The Balaban J connectivity index is 1.44. The fourth-order valence-electron chi connectivity index (χ4n) is 7.22. The van der Waals surface area contributed by atoms with Gasteiger partial charge in [-0.15, -0.1) is 0 Å². The molecule has 0 heterocycles. The van der Waals surface area contributed by atoms with Crippen molar-refractivity contribution in [2.45, 2.75) is 65.7 Å². The Hall–Kier alpha value is -1.32. The van der Waals surface area contributed by atoms with Crippen molar-refractivity contribution in [3.05, 3.63) is 41.0 Å². The van der Waals surface area contributed by atoms with Crippen LogP contribution in [0.2, 0.25) is 0 Å². The number of aromatic hydroxyl groups is 1. The molecular weight excluding hydrogens is 368 g/mol. The number of fused-ring (bicyclic) bond motifs is 5. The van der Waals surface area contributed by atoms with E-state index in [4.69, 9.17) is 0 Å². The Kier molecular flexibility index (Phi) is 6.60. The van der Waals surface area contributed by atoms with Gasteiger partial charge in [-0.25, -0.2) is 0 Å². The maximum absolute atomic E-state index is 9.96. The number of hydrogen-bond acceptors (Lipinski definition) is 3. The summed E-state index contributed by atoms with van der Waals surface area (Å²) in [6.45, 7) is 15.1. The van der Waals surface area contributed by atoms with E-state index >= 15 is 0 Å². The van der Waals surface area contributed by atoms with Gasteiger partial charge in [0, 0.05) is 19.6 Å². The molecule has 3 nitrogen and oxygen atoms in total. The molecule has 5 unspecified atom stereocenters. The molecule has 0 amide bonds. The molecule has 5 atom stereocenters. The van der Waals surface area contributed by atoms with Gasteiger partial charge in [0.25, 0.3) is 0 Å². The summed E-state index contributed by atoms with van der Waals surface area (Å²) in [5.74, 6) is 3.44. The van der Waals surface area contributed by atoms with Crippen LogP contribution < -0.4 is 5.32 Å². The molecule has 4 rings (SSSR count). The lowest BCUT2D eigenvalue weighted by molar-refractivity contribution is 0.0489. The van der Waals surface area contributed by atoms with Crippen LogP contribution in [-0.2, 0) is 6.42 Å². The van der Waals surface area contributed by atoms with Gasteiger partial charge in [-0.1, -0.05) is 45.4 Å². The summed E-state index contributed by atoms with van der Waals surface area (Å²) in [6, 6.07) is 6.16. The second-order valence-electron chi connectivity index (χ2n) is 10.3. The smallest absolute Gasteiger partial charge is 0.115 e. The molecule has 0 saturated heterocycles. The molecule has 2 N–H and O–H groups in total. The summed E-state index contributed by atoms with van der Waals surface area (Å²) in [5, 5.41) is 13.6. The lowest BCUT2D eigenvalue weighted by atomic mass is 9.52. The first-order chi connectivity index (χ1) is 14.5. The third-order valence-electron chi connectivity index (χ3n) is 8.90. The lowest BCUT2D eigenvalue weighted by Crippen LogP contribution is -2.43. The standard InChI is InChI=1S/C27H42N2O/c1-5-29(6-2)16-15-28-14-12-21-7-10-25-26-19(3)17-20-18-22(30)8-9-23(20)24(26)11-13-27(21,25)4/h8-9,12,18-19,24-26,28,30H,5-7,10-11,13-17H2,1-4H3/b21-12+. The van der Waals surface area contributed by atoms with Gasteiger partial charge >= 0.3 is 0 Å². The van der Waals surface area contributed by atoms with Crippen LogP contribution in [0, 0.1) is 23.2 Å². The van der Waals surface area contributed by atoms with E-state index in [9.17, 15) is 5.11 Å². The molecule has 3 aliphatic rings. The number of allylic oxidation sites excluding steroid dienone is 1. The van der Waals surface area contributed by atoms with E-state index in [-0.39, 0.29) is 0 Å². The SMILES string of the molecule is CCN(CC)CCNC/C=C1\CCC2C3C(C)Cc4cc(O)ccc4C3CCC12C. The quantitative estimate of drug-likeness (QED) is 0.470. The van der Waals surface area contributed by atoms with E-state index in [0.29, 0.717) is 23.0 Å². The van der Waals surface area contributed by atoms with Crippen molar-refractivity contribution in [1.29, 1.82) is 0 Å². The van der Waals surface area contributed by atoms with Crippen LogP contribution in [0.3, 0.4) is 0 Å². The number of phenols is 1. The zero-order valence-electron chi connectivity index (χ0n) is 19.6. The maximum Gasteiger partial charge on any atom is 0.115 e. The highest BCUT2D eigenvalue weighted by Crippen LogP contribution is 2.63. The van der Waals surface area contributed by atoms with E-state index < -0.39 is 0 Å². The number of nitrogens with one attached hydrogen (secondary N) is 1. The molecule has 2 fully saturated rings. The van der Waals surface area contributed by atoms with Gasteiger partial charge in [0.2, 0.25) is 0 Å². The Morgan fingerprint density at radius 1 is 1.23 bits per heavy atom. The van der Waals surface area contributed by atoms with Gasteiger partial charge in [0.15, 0.2) is 0 Å². The summed E-state index contributed by atoms with van der Waals surface area (Å²) in [6.07, 6.45) is 8.94. The van der Waals surface area contributed by atoms with Crippen molar-refractivity contribution in [2.24, 2.45) is 23.2 Å². The Morgan fingerprint density at radius 3 is 2.80 bits per heavy atom. The van der Waals surface area contributed by atoms with Gasteiger partial charge in [0.05, 0.1) is 0 Å². The highest BCUT2D eigenvalue weighted by atomic mass is 16.3. The second-order valence-corrected chi connectivity index (χ2v) is 10.3. The van der Waals surface area contributed by atoms with Crippen LogP contribution >= 0.6 is 0 Å². The van der Waals surface area contributed by atoms with Gasteiger partial charge < -0.3 is 15.3 Å². The first kappa shape index (κ1) is 21.9. The minimum Gasteiger partial charge on any atom is -0.508 e. The fraction of sp³-hybridized carbons (Fsp3) is 0.704. The zero-order valence-corrected chi connectivity index (χ0v) is 19.6. The van der Waals surface area contributed by atoms with E-state index in [1.807, 2.05) is 12.1 Å². The Bertz CT molecular complexity index is 768. The van der Waals surface area contributed by atoms with Gasteiger partial charge in [-0.2, -0.15) is 0 Å². The maximum atomic E-state index is 9.96. The van der Waals surface area contributed by atoms with Crippen LogP contribution in [0.5, 0.6) is 5.75 Å². The summed E-state index contributed by atoms with van der Waals surface area (Å²) in [4.78, 5) is 2.48.